The van der Waals surface area contributed by atoms with Gasteiger partial charge in [0.2, 0.25) is 0 Å². The van der Waals surface area contributed by atoms with Gasteiger partial charge in [0.1, 0.15) is 11.5 Å². The molecule has 0 aliphatic heterocycles. The average molecular weight is 438 g/mol. The number of carbonyl (C=O) groups excluding carboxylic acids is 1. The summed E-state index contributed by atoms with van der Waals surface area (Å²) in [7, 11) is 0. The number of benzene rings is 4. The van der Waals surface area contributed by atoms with Crippen molar-refractivity contribution in [1.29, 1.82) is 0 Å². The van der Waals surface area contributed by atoms with E-state index in [0.717, 1.165) is 23.5 Å². The summed E-state index contributed by atoms with van der Waals surface area (Å²) in [6.45, 7) is 1.59. The lowest BCUT2D eigenvalue weighted by atomic mass is 10.1. The van der Waals surface area contributed by atoms with Crippen molar-refractivity contribution in [2.75, 3.05) is 13.2 Å². The SMILES string of the molecule is O=C(NCc1cccc(OCCCOc2ccc(-c3ccccc3)cc2)c1)c1ccccc1. The lowest BCUT2D eigenvalue weighted by molar-refractivity contribution is 0.0951. The summed E-state index contributed by atoms with van der Waals surface area (Å²) in [6, 6.07) is 35.4. The van der Waals surface area contributed by atoms with E-state index in [1.54, 1.807) is 12.1 Å². The molecule has 33 heavy (non-hydrogen) atoms. The Bertz CT molecular complexity index is 1140. The van der Waals surface area contributed by atoms with E-state index in [4.69, 9.17) is 9.47 Å². The van der Waals surface area contributed by atoms with Crippen molar-refractivity contribution in [3.8, 4) is 22.6 Å². The third-order valence-corrected chi connectivity index (χ3v) is 5.18. The Labute approximate surface area is 194 Å². The van der Waals surface area contributed by atoms with Gasteiger partial charge in [0.15, 0.2) is 0 Å². The van der Waals surface area contributed by atoms with E-state index in [1.165, 1.54) is 11.1 Å². The van der Waals surface area contributed by atoms with Gasteiger partial charge >= 0.3 is 0 Å². The second-order valence-corrected chi connectivity index (χ2v) is 7.64. The van der Waals surface area contributed by atoms with Gasteiger partial charge < -0.3 is 14.8 Å². The molecule has 4 aromatic carbocycles. The molecule has 0 fully saturated rings. The van der Waals surface area contributed by atoms with E-state index in [-0.39, 0.29) is 5.91 Å². The van der Waals surface area contributed by atoms with Crippen LogP contribution in [0.1, 0.15) is 22.3 Å². The van der Waals surface area contributed by atoms with Gasteiger partial charge in [-0.15, -0.1) is 0 Å². The number of hydrogen-bond acceptors (Lipinski definition) is 3. The molecule has 4 aromatic rings. The number of ether oxygens (including phenoxy) is 2. The van der Waals surface area contributed by atoms with Gasteiger partial charge in [-0.25, -0.2) is 0 Å². The zero-order chi connectivity index (χ0) is 22.7. The van der Waals surface area contributed by atoms with Gasteiger partial charge in [-0.05, 0) is 53.1 Å². The highest BCUT2D eigenvalue weighted by molar-refractivity contribution is 5.94. The van der Waals surface area contributed by atoms with E-state index in [1.807, 2.05) is 72.8 Å². The molecule has 0 aliphatic carbocycles. The molecule has 4 rings (SSSR count). The minimum atomic E-state index is -0.0872. The number of nitrogens with one attached hydrogen (secondary N) is 1. The third-order valence-electron chi connectivity index (χ3n) is 5.18. The van der Waals surface area contributed by atoms with Crippen LogP contribution < -0.4 is 14.8 Å². The number of rotatable bonds is 10. The maximum atomic E-state index is 12.2. The second-order valence-electron chi connectivity index (χ2n) is 7.64. The molecule has 0 aromatic heterocycles. The van der Waals surface area contributed by atoms with Crippen LogP contribution in [-0.4, -0.2) is 19.1 Å². The summed E-state index contributed by atoms with van der Waals surface area (Å²) in [4.78, 5) is 12.2. The van der Waals surface area contributed by atoms with Crippen molar-refractivity contribution in [1.82, 2.24) is 5.32 Å². The molecule has 0 bridgehead atoms. The van der Waals surface area contributed by atoms with Crippen LogP contribution in [0.2, 0.25) is 0 Å². The van der Waals surface area contributed by atoms with Crippen LogP contribution in [0, 0.1) is 0 Å². The highest BCUT2D eigenvalue weighted by Gasteiger charge is 2.05. The number of carbonyl (C=O) groups is 1. The molecule has 0 radical (unpaired) electrons. The second kappa shape index (κ2) is 11.5. The van der Waals surface area contributed by atoms with Crippen LogP contribution >= 0.6 is 0 Å². The summed E-state index contributed by atoms with van der Waals surface area (Å²) >= 11 is 0. The lowest BCUT2D eigenvalue weighted by Gasteiger charge is -2.10. The Hall–Kier alpha value is -4.05. The molecule has 166 valence electrons. The van der Waals surface area contributed by atoms with Crippen molar-refractivity contribution in [2.45, 2.75) is 13.0 Å². The number of hydrogen-bond donors (Lipinski definition) is 1. The fourth-order valence-corrected chi connectivity index (χ4v) is 3.43. The highest BCUT2D eigenvalue weighted by atomic mass is 16.5. The molecule has 0 atom stereocenters. The van der Waals surface area contributed by atoms with Crippen molar-refractivity contribution in [2.24, 2.45) is 0 Å². The van der Waals surface area contributed by atoms with Crippen molar-refractivity contribution >= 4 is 5.91 Å². The van der Waals surface area contributed by atoms with Crippen molar-refractivity contribution in [3.05, 3.63) is 120 Å². The van der Waals surface area contributed by atoms with Crippen molar-refractivity contribution < 1.29 is 14.3 Å². The first-order valence-electron chi connectivity index (χ1n) is 11.1. The van der Waals surface area contributed by atoms with Gasteiger partial charge in [0.25, 0.3) is 5.91 Å². The summed E-state index contributed by atoms with van der Waals surface area (Å²) in [5, 5.41) is 2.94. The van der Waals surface area contributed by atoms with Crippen LogP contribution in [0.5, 0.6) is 11.5 Å². The first-order valence-corrected chi connectivity index (χ1v) is 11.1. The summed E-state index contributed by atoms with van der Waals surface area (Å²) < 4.78 is 11.7. The third kappa shape index (κ3) is 6.71. The molecule has 4 nitrogen and oxygen atoms in total. The first kappa shape index (κ1) is 22.2. The summed E-state index contributed by atoms with van der Waals surface area (Å²) in [6.07, 6.45) is 0.773. The van der Waals surface area contributed by atoms with E-state index in [0.29, 0.717) is 25.3 Å². The van der Waals surface area contributed by atoms with Crippen LogP contribution in [-0.2, 0) is 6.54 Å². The Morgan fingerprint density at radius 3 is 2.00 bits per heavy atom. The Balaban J connectivity index is 1.17. The zero-order valence-electron chi connectivity index (χ0n) is 18.4. The monoisotopic (exact) mass is 437 g/mol. The Morgan fingerprint density at radius 2 is 1.27 bits per heavy atom. The predicted molar refractivity (Wildman–Crippen MR) is 132 cm³/mol. The molecule has 1 amide bonds. The summed E-state index contributed by atoms with van der Waals surface area (Å²) in [5.74, 6) is 1.55. The van der Waals surface area contributed by atoms with Crippen LogP contribution in [0.4, 0.5) is 0 Å². The molecule has 0 heterocycles. The van der Waals surface area contributed by atoms with Crippen molar-refractivity contribution in [3.63, 3.8) is 0 Å². The predicted octanol–water partition coefficient (Wildman–Crippen LogP) is 6.13. The smallest absolute Gasteiger partial charge is 0.251 e. The van der Waals surface area contributed by atoms with E-state index >= 15 is 0 Å². The first-order chi connectivity index (χ1) is 16.3. The molecule has 0 unspecified atom stereocenters. The topological polar surface area (TPSA) is 47.6 Å². The van der Waals surface area contributed by atoms with Crippen LogP contribution in [0.3, 0.4) is 0 Å². The van der Waals surface area contributed by atoms with E-state index in [9.17, 15) is 4.79 Å². The molecule has 0 saturated heterocycles. The number of amides is 1. The van der Waals surface area contributed by atoms with E-state index in [2.05, 4.69) is 29.6 Å². The standard InChI is InChI=1S/C29H27NO3/c31-29(26-12-5-2-6-13-26)30-22-23-9-7-14-28(21-23)33-20-8-19-32-27-17-15-25(16-18-27)24-10-3-1-4-11-24/h1-7,9-18,21H,8,19-20,22H2,(H,30,31). The molecule has 0 saturated carbocycles. The summed E-state index contributed by atoms with van der Waals surface area (Å²) in [5.41, 5.74) is 4.01. The Kier molecular flexibility index (Phi) is 7.74. The normalized spacial score (nSPS) is 10.4. The van der Waals surface area contributed by atoms with Gasteiger partial charge in [0, 0.05) is 18.5 Å². The quantitative estimate of drug-likeness (QED) is 0.304. The van der Waals surface area contributed by atoms with Gasteiger partial charge in [-0.1, -0.05) is 72.8 Å². The highest BCUT2D eigenvalue weighted by Crippen LogP contribution is 2.22. The minimum Gasteiger partial charge on any atom is -0.493 e. The zero-order valence-corrected chi connectivity index (χ0v) is 18.4. The average Bonchev–Trinajstić information content (AvgIpc) is 2.89. The van der Waals surface area contributed by atoms with Gasteiger partial charge in [-0.3, -0.25) is 4.79 Å². The molecule has 0 aliphatic rings. The maximum Gasteiger partial charge on any atom is 0.251 e. The fraction of sp³-hybridized carbons (Fsp3) is 0.138. The molecule has 1 N–H and O–H groups in total. The maximum absolute atomic E-state index is 12.2. The van der Waals surface area contributed by atoms with Crippen LogP contribution in [0.25, 0.3) is 11.1 Å². The minimum absolute atomic E-state index is 0.0872. The molecule has 4 heteroatoms. The molecular weight excluding hydrogens is 410 g/mol. The Morgan fingerprint density at radius 1 is 0.636 bits per heavy atom. The van der Waals surface area contributed by atoms with Gasteiger partial charge in [0.05, 0.1) is 13.2 Å². The fourth-order valence-electron chi connectivity index (χ4n) is 3.43. The lowest BCUT2D eigenvalue weighted by Crippen LogP contribution is -2.22. The largest absolute Gasteiger partial charge is 0.493 e. The van der Waals surface area contributed by atoms with Crippen LogP contribution in [0.15, 0.2) is 109 Å². The molecule has 0 spiro atoms. The van der Waals surface area contributed by atoms with E-state index < -0.39 is 0 Å². The molecular formula is C29H27NO3. The van der Waals surface area contributed by atoms with Gasteiger partial charge in [-0.2, -0.15) is 0 Å².